The van der Waals surface area contributed by atoms with Gasteiger partial charge in [0, 0.05) is 15.4 Å². The van der Waals surface area contributed by atoms with Crippen LogP contribution in [0.3, 0.4) is 0 Å². The van der Waals surface area contributed by atoms with E-state index in [2.05, 4.69) is 22.9 Å². The Kier molecular flexibility index (Phi) is 6.99. The second-order valence-corrected chi connectivity index (χ2v) is 7.54. The molecular formula is C23H24BrNO2. The van der Waals surface area contributed by atoms with Crippen molar-refractivity contribution in [3.05, 3.63) is 64.6 Å². The monoisotopic (exact) mass is 425 g/mol. The van der Waals surface area contributed by atoms with Crippen molar-refractivity contribution in [2.75, 3.05) is 6.61 Å². The van der Waals surface area contributed by atoms with Crippen LogP contribution < -0.4 is 0 Å². The molecule has 0 aliphatic carbocycles. The quantitative estimate of drug-likeness (QED) is 0.294. The van der Waals surface area contributed by atoms with Gasteiger partial charge >= 0.3 is 5.97 Å². The van der Waals surface area contributed by atoms with Crippen LogP contribution in [0.2, 0.25) is 0 Å². The SMILES string of the molecule is CCCCCCCOC(=O)c1cc(-c2ccc(Br)cc2)nc2ccccc12. The Labute approximate surface area is 168 Å². The molecule has 0 radical (unpaired) electrons. The molecule has 0 unspecified atom stereocenters. The van der Waals surface area contributed by atoms with E-state index < -0.39 is 0 Å². The molecule has 4 heteroatoms. The highest BCUT2D eigenvalue weighted by atomic mass is 79.9. The first-order valence-electron chi connectivity index (χ1n) is 9.52. The van der Waals surface area contributed by atoms with Crippen LogP contribution in [0.4, 0.5) is 0 Å². The number of aromatic nitrogens is 1. The smallest absolute Gasteiger partial charge is 0.338 e. The van der Waals surface area contributed by atoms with Gasteiger partial charge in [-0.05, 0) is 30.7 Å². The summed E-state index contributed by atoms with van der Waals surface area (Å²) < 4.78 is 6.56. The van der Waals surface area contributed by atoms with Gasteiger partial charge in [0.05, 0.1) is 23.4 Å². The molecule has 0 saturated heterocycles. The maximum Gasteiger partial charge on any atom is 0.338 e. The van der Waals surface area contributed by atoms with Crippen molar-refractivity contribution in [1.82, 2.24) is 4.98 Å². The van der Waals surface area contributed by atoms with Crippen molar-refractivity contribution in [1.29, 1.82) is 0 Å². The zero-order valence-corrected chi connectivity index (χ0v) is 17.2. The van der Waals surface area contributed by atoms with Crippen LogP contribution in [-0.2, 0) is 4.74 Å². The second kappa shape index (κ2) is 9.65. The number of hydrogen-bond acceptors (Lipinski definition) is 3. The zero-order chi connectivity index (χ0) is 19.1. The molecule has 0 spiro atoms. The maximum atomic E-state index is 12.7. The Hall–Kier alpha value is -2.20. The fraction of sp³-hybridized carbons (Fsp3) is 0.304. The molecule has 0 bridgehead atoms. The molecule has 2 aromatic carbocycles. The normalized spacial score (nSPS) is 10.9. The standard InChI is InChI=1S/C23H24BrNO2/c1-2-3-4-5-8-15-27-23(26)20-16-22(17-11-13-18(24)14-12-17)25-21-10-7-6-9-19(20)21/h6-7,9-14,16H,2-5,8,15H2,1H3. The van der Waals surface area contributed by atoms with Crippen LogP contribution >= 0.6 is 15.9 Å². The van der Waals surface area contributed by atoms with Gasteiger partial charge in [-0.15, -0.1) is 0 Å². The summed E-state index contributed by atoms with van der Waals surface area (Å²) in [4.78, 5) is 17.5. The number of carbonyl (C=O) groups is 1. The van der Waals surface area contributed by atoms with Gasteiger partial charge in [0.25, 0.3) is 0 Å². The summed E-state index contributed by atoms with van der Waals surface area (Å²) >= 11 is 3.45. The predicted molar refractivity (Wildman–Crippen MR) is 114 cm³/mol. The molecule has 1 heterocycles. The molecule has 0 atom stereocenters. The number of unbranched alkanes of at least 4 members (excludes halogenated alkanes) is 4. The summed E-state index contributed by atoms with van der Waals surface area (Å²) in [5.74, 6) is -0.276. The summed E-state index contributed by atoms with van der Waals surface area (Å²) in [6.45, 7) is 2.66. The molecule has 1 aromatic heterocycles. The minimum absolute atomic E-state index is 0.276. The number of hydrogen-bond donors (Lipinski definition) is 0. The largest absolute Gasteiger partial charge is 0.462 e. The Morgan fingerprint density at radius 2 is 1.74 bits per heavy atom. The minimum Gasteiger partial charge on any atom is -0.462 e. The lowest BCUT2D eigenvalue weighted by Crippen LogP contribution is -2.08. The number of para-hydroxylation sites is 1. The van der Waals surface area contributed by atoms with E-state index in [0.717, 1.165) is 39.5 Å². The highest BCUT2D eigenvalue weighted by molar-refractivity contribution is 9.10. The average molecular weight is 426 g/mol. The van der Waals surface area contributed by atoms with E-state index >= 15 is 0 Å². The van der Waals surface area contributed by atoms with Gasteiger partial charge in [-0.1, -0.05) is 78.9 Å². The Morgan fingerprint density at radius 1 is 1.00 bits per heavy atom. The van der Waals surface area contributed by atoms with Crippen molar-refractivity contribution in [3.8, 4) is 11.3 Å². The fourth-order valence-electron chi connectivity index (χ4n) is 3.06. The Bertz CT molecular complexity index is 906. The molecule has 3 aromatic rings. The van der Waals surface area contributed by atoms with Crippen LogP contribution in [-0.4, -0.2) is 17.6 Å². The maximum absolute atomic E-state index is 12.7. The molecule has 3 nitrogen and oxygen atoms in total. The van der Waals surface area contributed by atoms with E-state index in [1.54, 1.807) is 0 Å². The van der Waals surface area contributed by atoms with Crippen LogP contribution in [0.15, 0.2) is 59.1 Å². The molecule has 140 valence electrons. The van der Waals surface area contributed by atoms with Gasteiger partial charge in [0.15, 0.2) is 0 Å². The molecule has 27 heavy (non-hydrogen) atoms. The van der Waals surface area contributed by atoms with Crippen LogP contribution in [0, 0.1) is 0 Å². The average Bonchev–Trinajstić information content (AvgIpc) is 2.70. The molecule has 0 aliphatic rings. The van der Waals surface area contributed by atoms with E-state index in [4.69, 9.17) is 9.72 Å². The third-order valence-corrected chi connectivity index (χ3v) is 5.09. The van der Waals surface area contributed by atoms with Crippen molar-refractivity contribution in [2.45, 2.75) is 39.0 Å². The van der Waals surface area contributed by atoms with E-state index in [0.29, 0.717) is 12.2 Å². The van der Waals surface area contributed by atoms with Gasteiger partial charge in [-0.2, -0.15) is 0 Å². The second-order valence-electron chi connectivity index (χ2n) is 6.63. The highest BCUT2D eigenvalue weighted by Gasteiger charge is 2.15. The third-order valence-electron chi connectivity index (χ3n) is 4.56. The molecule has 0 saturated carbocycles. The van der Waals surface area contributed by atoms with Gasteiger partial charge in [-0.25, -0.2) is 9.78 Å². The first-order valence-corrected chi connectivity index (χ1v) is 10.3. The summed E-state index contributed by atoms with van der Waals surface area (Å²) in [7, 11) is 0. The van der Waals surface area contributed by atoms with Crippen molar-refractivity contribution in [3.63, 3.8) is 0 Å². The molecule has 0 fully saturated rings. The van der Waals surface area contributed by atoms with Crippen molar-refractivity contribution >= 4 is 32.8 Å². The lowest BCUT2D eigenvalue weighted by atomic mass is 10.0. The molecule has 0 aliphatic heterocycles. The van der Waals surface area contributed by atoms with Crippen molar-refractivity contribution in [2.24, 2.45) is 0 Å². The lowest BCUT2D eigenvalue weighted by Gasteiger charge is -2.10. The number of rotatable bonds is 8. The van der Waals surface area contributed by atoms with Crippen LogP contribution in [0.25, 0.3) is 22.2 Å². The summed E-state index contributed by atoms with van der Waals surface area (Å²) in [5, 5.41) is 0.828. The molecular weight excluding hydrogens is 402 g/mol. The summed E-state index contributed by atoms with van der Waals surface area (Å²) in [6.07, 6.45) is 5.65. The fourth-order valence-corrected chi connectivity index (χ4v) is 3.33. The molecule has 0 N–H and O–H groups in total. The molecule has 0 amide bonds. The van der Waals surface area contributed by atoms with Crippen molar-refractivity contribution < 1.29 is 9.53 Å². The van der Waals surface area contributed by atoms with Gasteiger partial charge in [0.2, 0.25) is 0 Å². The van der Waals surface area contributed by atoms with E-state index in [9.17, 15) is 4.79 Å². The highest BCUT2D eigenvalue weighted by Crippen LogP contribution is 2.26. The molecule has 3 rings (SSSR count). The van der Waals surface area contributed by atoms with E-state index in [1.165, 1.54) is 19.3 Å². The third kappa shape index (κ3) is 5.16. The van der Waals surface area contributed by atoms with Crippen LogP contribution in [0.5, 0.6) is 0 Å². The lowest BCUT2D eigenvalue weighted by molar-refractivity contribution is 0.0500. The van der Waals surface area contributed by atoms with Gasteiger partial charge in [0.1, 0.15) is 0 Å². The topological polar surface area (TPSA) is 39.2 Å². The first kappa shape index (κ1) is 19.6. The number of esters is 1. The van der Waals surface area contributed by atoms with Crippen LogP contribution in [0.1, 0.15) is 49.4 Å². The zero-order valence-electron chi connectivity index (χ0n) is 15.6. The van der Waals surface area contributed by atoms with E-state index in [-0.39, 0.29) is 5.97 Å². The predicted octanol–water partition coefficient (Wildman–Crippen LogP) is 6.79. The number of halogens is 1. The van der Waals surface area contributed by atoms with Gasteiger partial charge < -0.3 is 4.74 Å². The van der Waals surface area contributed by atoms with Gasteiger partial charge in [-0.3, -0.25) is 0 Å². The minimum atomic E-state index is -0.276. The number of nitrogens with zero attached hydrogens (tertiary/aromatic N) is 1. The number of fused-ring (bicyclic) bond motifs is 1. The summed E-state index contributed by atoms with van der Waals surface area (Å²) in [6, 6.07) is 17.5. The Morgan fingerprint density at radius 3 is 2.52 bits per heavy atom. The first-order chi connectivity index (χ1) is 13.2. The number of benzene rings is 2. The summed E-state index contributed by atoms with van der Waals surface area (Å²) in [5.41, 5.74) is 3.12. The number of pyridine rings is 1. The number of carbonyl (C=O) groups excluding carboxylic acids is 1. The Balaban J connectivity index is 1.82. The number of ether oxygens (including phenoxy) is 1. The van der Waals surface area contributed by atoms with E-state index in [1.807, 2.05) is 54.6 Å².